The summed E-state index contributed by atoms with van der Waals surface area (Å²) in [5.74, 6) is 0.826. The minimum Gasteiger partial charge on any atom is -0.317 e. The Hall–Kier alpha value is -2.76. The quantitative estimate of drug-likeness (QED) is 0.241. The number of hydrogen-bond acceptors (Lipinski definition) is 0. The number of allylic oxidation sites excluding steroid dienone is 2. The molecule has 0 spiro atoms. The predicted octanol–water partition coefficient (Wildman–Crippen LogP) is 8.53. The Morgan fingerprint density at radius 2 is 1.09 bits per heavy atom. The van der Waals surface area contributed by atoms with Crippen LogP contribution in [0.5, 0.6) is 0 Å². The fourth-order valence-electron chi connectivity index (χ4n) is 5.21. The second kappa shape index (κ2) is 9.62. The van der Waals surface area contributed by atoms with E-state index < -0.39 is 0 Å². The van der Waals surface area contributed by atoms with Crippen LogP contribution in [0.1, 0.15) is 40.5 Å². The first-order chi connectivity index (χ1) is 15.9. The van der Waals surface area contributed by atoms with Crippen molar-refractivity contribution in [1.29, 1.82) is 0 Å². The standard InChI is InChI=1S/C32H25.Zr/c1-3-9-23(10-4-1)27-13-7-15-29-25(19-21-31(27)29)17-18-26-20-22-32-28(14-8-16-30(26)32)24-11-5-2-6-12-24;/h1-17,19-22,25-26H,18H2;/q-1;. The van der Waals surface area contributed by atoms with Crippen molar-refractivity contribution in [3.63, 3.8) is 0 Å². The van der Waals surface area contributed by atoms with Crippen molar-refractivity contribution in [2.24, 2.45) is 0 Å². The second-order valence-electron chi connectivity index (χ2n) is 8.67. The van der Waals surface area contributed by atoms with Crippen LogP contribution in [0.4, 0.5) is 0 Å². The van der Waals surface area contributed by atoms with Gasteiger partial charge in [-0.2, -0.15) is 6.42 Å². The molecule has 6 rings (SSSR count). The molecule has 4 aromatic carbocycles. The Bertz CT molecular complexity index is 1210. The SMILES string of the molecule is C1=CC([CH-]CC2C=Cc3c(-c4ccccc4)cccc32)c2cccc(-c3ccccc3)c21.[Zr]. The smallest absolute Gasteiger partial charge is 0 e. The fraction of sp³-hybridized carbons (Fsp3) is 0.0938. The molecule has 0 fully saturated rings. The van der Waals surface area contributed by atoms with E-state index in [1.54, 1.807) is 0 Å². The molecule has 2 aliphatic rings. The van der Waals surface area contributed by atoms with Crippen LogP contribution < -0.4 is 0 Å². The zero-order valence-corrected chi connectivity index (χ0v) is 20.9. The van der Waals surface area contributed by atoms with Crippen molar-refractivity contribution < 1.29 is 26.2 Å². The Morgan fingerprint density at radius 3 is 1.73 bits per heavy atom. The Balaban J connectivity index is 0.00000228. The largest absolute Gasteiger partial charge is 0.317 e. The molecular weight excluding hydrogens is 476 g/mol. The maximum absolute atomic E-state index is 2.50. The van der Waals surface area contributed by atoms with E-state index in [9.17, 15) is 0 Å². The van der Waals surface area contributed by atoms with Crippen LogP contribution in [-0.2, 0) is 26.2 Å². The third kappa shape index (κ3) is 4.16. The maximum Gasteiger partial charge on any atom is 0 e. The molecule has 0 amide bonds. The van der Waals surface area contributed by atoms with Gasteiger partial charge in [0.1, 0.15) is 0 Å². The third-order valence-electron chi connectivity index (χ3n) is 6.82. The number of fused-ring (bicyclic) bond motifs is 2. The summed E-state index contributed by atoms with van der Waals surface area (Å²) in [6.07, 6.45) is 12.9. The first-order valence-electron chi connectivity index (χ1n) is 11.4. The first-order valence-corrected chi connectivity index (χ1v) is 11.4. The molecule has 158 valence electrons. The first kappa shape index (κ1) is 22.1. The van der Waals surface area contributed by atoms with Gasteiger partial charge in [-0.25, -0.2) is 0 Å². The molecule has 0 radical (unpaired) electrons. The molecule has 33 heavy (non-hydrogen) atoms. The Morgan fingerprint density at radius 1 is 0.545 bits per heavy atom. The molecule has 0 saturated heterocycles. The maximum atomic E-state index is 2.50. The van der Waals surface area contributed by atoms with Gasteiger partial charge in [0.2, 0.25) is 0 Å². The molecule has 2 atom stereocenters. The zero-order valence-electron chi connectivity index (χ0n) is 18.5. The Labute approximate surface area is 215 Å². The molecule has 0 heterocycles. The molecule has 0 bridgehead atoms. The molecule has 0 nitrogen and oxygen atoms in total. The van der Waals surface area contributed by atoms with Crippen molar-refractivity contribution in [2.45, 2.75) is 18.3 Å². The summed E-state index contributed by atoms with van der Waals surface area (Å²) in [7, 11) is 0. The predicted molar refractivity (Wildman–Crippen MR) is 136 cm³/mol. The molecule has 0 aromatic heterocycles. The summed E-state index contributed by atoms with van der Waals surface area (Å²) in [4.78, 5) is 0. The average Bonchev–Trinajstić information content (AvgIpc) is 3.47. The van der Waals surface area contributed by atoms with E-state index in [1.807, 2.05) is 0 Å². The summed E-state index contributed by atoms with van der Waals surface area (Å²) in [6, 6.07) is 34.9. The minimum atomic E-state index is 0. The summed E-state index contributed by atoms with van der Waals surface area (Å²) < 4.78 is 0. The normalized spacial score (nSPS) is 17.5. The summed E-state index contributed by atoms with van der Waals surface area (Å²) in [5.41, 5.74) is 10.9. The van der Waals surface area contributed by atoms with E-state index in [4.69, 9.17) is 0 Å². The number of benzene rings is 4. The van der Waals surface area contributed by atoms with E-state index in [0.717, 1.165) is 6.42 Å². The molecule has 0 N–H and O–H groups in total. The summed E-state index contributed by atoms with van der Waals surface area (Å²) in [6.45, 7) is 0. The van der Waals surface area contributed by atoms with Gasteiger partial charge in [-0.05, 0) is 44.9 Å². The molecule has 0 saturated carbocycles. The zero-order chi connectivity index (χ0) is 21.3. The van der Waals surface area contributed by atoms with Gasteiger partial charge in [0, 0.05) is 26.2 Å². The van der Waals surface area contributed by atoms with Crippen molar-refractivity contribution in [3.8, 4) is 22.3 Å². The monoisotopic (exact) mass is 499 g/mol. The van der Waals surface area contributed by atoms with Crippen molar-refractivity contribution in [2.75, 3.05) is 0 Å². The van der Waals surface area contributed by atoms with Gasteiger partial charge in [-0.1, -0.05) is 121 Å². The molecule has 2 unspecified atom stereocenters. The van der Waals surface area contributed by atoms with Crippen LogP contribution in [-0.4, -0.2) is 0 Å². The van der Waals surface area contributed by atoms with Crippen molar-refractivity contribution in [3.05, 3.63) is 138 Å². The van der Waals surface area contributed by atoms with Crippen LogP contribution >= 0.6 is 0 Å². The third-order valence-corrected chi connectivity index (χ3v) is 6.82. The topological polar surface area (TPSA) is 0 Å². The van der Waals surface area contributed by atoms with E-state index in [1.165, 1.54) is 44.5 Å². The van der Waals surface area contributed by atoms with Crippen LogP contribution in [0.15, 0.2) is 109 Å². The van der Waals surface area contributed by atoms with E-state index in [0.29, 0.717) is 11.8 Å². The van der Waals surface area contributed by atoms with Crippen LogP contribution in [0.3, 0.4) is 0 Å². The number of hydrogen-bond donors (Lipinski definition) is 0. The van der Waals surface area contributed by atoms with Gasteiger partial charge in [-0.3, -0.25) is 0 Å². The van der Waals surface area contributed by atoms with Gasteiger partial charge < -0.3 is 6.42 Å². The summed E-state index contributed by atoms with van der Waals surface area (Å²) >= 11 is 0. The summed E-state index contributed by atoms with van der Waals surface area (Å²) in [5, 5.41) is 0. The average molecular weight is 501 g/mol. The van der Waals surface area contributed by atoms with Crippen LogP contribution in [0, 0.1) is 6.42 Å². The molecular formula is C32H25Zr-. The van der Waals surface area contributed by atoms with Gasteiger partial charge in [0.05, 0.1) is 0 Å². The molecule has 4 aromatic rings. The van der Waals surface area contributed by atoms with Crippen molar-refractivity contribution >= 4 is 12.2 Å². The van der Waals surface area contributed by atoms with Gasteiger partial charge in [-0.15, -0.1) is 12.0 Å². The van der Waals surface area contributed by atoms with Crippen molar-refractivity contribution in [1.82, 2.24) is 0 Å². The van der Waals surface area contributed by atoms with Gasteiger partial charge >= 0.3 is 0 Å². The molecule has 1 heteroatoms. The molecule has 0 aliphatic heterocycles. The van der Waals surface area contributed by atoms with E-state index in [2.05, 4.69) is 128 Å². The fourth-order valence-corrected chi connectivity index (χ4v) is 5.21. The second-order valence-corrected chi connectivity index (χ2v) is 8.67. The van der Waals surface area contributed by atoms with Crippen LogP contribution in [0.25, 0.3) is 34.4 Å². The van der Waals surface area contributed by atoms with E-state index >= 15 is 0 Å². The Kier molecular flexibility index (Phi) is 6.43. The molecule has 2 aliphatic carbocycles. The number of rotatable bonds is 5. The van der Waals surface area contributed by atoms with Gasteiger partial charge in [0.15, 0.2) is 0 Å². The van der Waals surface area contributed by atoms with Crippen LogP contribution in [0.2, 0.25) is 0 Å². The van der Waals surface area contributed by atoms with Gasteiger partial charge in [0.25, 0.3) is 0 Å². The minimum absolute atomic E-state index is 0. The van der Waals surface area contributed by atoms with E-state index in [-0.39, 0.29) is 26.2 Å².